The van der Waals surface area contributed by atoms with Crippen LogP contribution in [0.2, 0.25) is 0 Å². The Labute approximate surface area is 427 Å². The fourth-order valence-corrected chi connectivity index (χ4v) is 7.29. The van der Waals surface area contributed by atoms with E-state index in [1.165, 1.54) is 32.1 Å². The second-order valence-corrected chi connectivity index (χ2v) is 17.8. The van der Waals surface area contributed by atoms with E-state index < -0.39 is 67.3 Å². The van der Waals surface area contributed by atoms with E-state index in [1.807, 2.05) is 18.2 Å². The fourth-order valence-electron chi connectivity index (χ4n) is 7.29. The van der Waals surface area contributed by atoms with E-state index in [0.717, 1.165) is 89.9 Å². The van der Waals surface area contributed by atoms with Crippen molar-refractivity contribution in [1.82, 2.24) is 0 Å². The van der Waals surface area contributed by atoms with Crippen molar-refractivity contribution in [3.63, 3.8) is 0 Å². The van der Waals surface area contributed by atoms with Crippen molar-refractivity contribution in [2.24, 2.45) is 0 Å². The van der Waals surface area contributed by atoms with Crippen LogP contribution in [0.3, 0.4) is 0 Å². The number of aliphatic hydroxyl groups excluding tert-OH is 2. The molecule has 0 aromatic heterocycles. The SMILES string of the molecule is CC/C=C\C/C=C\C/C=C\C/C=C\C/C=C\CCCCCC(=O)OCC(COC1OC(C(=O)O)C(O)C(O)C1OC(=O)CC/C=C\C/C=C\C/C=C\C/C=C\CC)OC(=O)CCCCCCCCCCC. The number of unbranched alkanes of at least 4 members (excludes halogenated alkanes) is 11. The zero-order valence-corrected chi connectivity index (χ0v) is 43.7. The van der Waals surface area contributed by atoms with Crippen molar-refractivity contribution in [2.75, 3.05) is 13.2 Å². The van der Waals surface area contributed by atoms with Gasteiger partial charge in [0.15, 0.2) is 24.6 Å². The van der Waals surface area contributed by atoms with Crippen molar-refractivity contribution in [1.29, 1.82) is 0 Å². The lowest BCUT2D eigenvalue weighted by Gasteiger charge is -2.40. The number of carboxylic acids is 1. The van der Waals surface area contributed by atoms with Crippen LogP contribution in [0.25, 0.3) is 0 Å². The van der Waals surface area contributed by atoms with E-state index in [1.54, 1.807) is 0 Å². The Kier molecular flexibility index (Phi) is 42.1. The quantitative estimate of drug-likeness (QED) is 0.0229. The van der Waals surface area contributed by atoms with Crippen LogP contribution in [-0.2, 0) is 42.9 Å². The van der Waals surface area contributed by atoms with E-state index in [2.05, 4.69) is 112 Å². The van der Waals surface area contributed by atoms with Gasteiger partial charge in [0, 0.05) is 19.3 Å². The molecule has 1 fully saturated rings. The fraction of sp³-hybridized carbons (Fsp3) is 0.627. The van der Waals surface area contributed by atoms with Crippen LogP contribution < -0.4 is 0 Å². The summed E-state index contributed by atoms with van der Waals surface area (Å²) in [4.78, 5) is 50.8. The molecule has 12 nitrogen and oxygen atoms in total. The lowest BCUT2D eigenvalue weighted by molar-refractivity contribution is -0.301. The predicted octanol–water partition coefficient (Wildman–Crippen LogP) is 13.1. The molecule has 0 saturated carbocycles. The maximum Gasteiger partial charge on any atom is 0.335 e. The lowest BCUT2D eigenvalue weighted by Crippen LogP contribution is -2.61. The molecule has 0 radical (unpaired) electrons. The number of aliphatic hydroxyl groups is 2. The molecule has 1 rings (SSSR count). The Morgan fingerprint density at radius 3 is 1.41 bits per heavy atom. The van der Waals surface area contributed by atoms with Crippen LogP contribution in [0, 0.1) is 0 Å². The molecule has 1 saturated heterocycles. The van der Waals surface area contributed by atoms with Crippen LogP contribution in [0.4, 0.5) is 0 Å². The first-order valence-corrected chi connectivity index (χ1v) is 26.9. The van der Waals surface area contributed by atoms with E-state index in [9.17, 15) is 34.5 Å². The molecule has 0 aromatic rings. The molecule has 1 aliphatic heterocycles. The molecule has 1 heterocycles. The molecule has 400 valence electrons. The molecular formula is C59H92O12. The van der Waals surface area contributed by atoms with E-state index >= 15 is 0 Å². The highest BCUT2D eigenvalue weighted by Crippen LogP contribution is 2.26. The topological polar surface area (TPSA) is 175 Å². The number of aliphatic carboxylic acids is 1. The maximum absolute atomic E-state index is 13.0. The molecular weight excluding hydrogens is 901 g/mol. The van der Waals surface area contributed by atoms with Crippen molar-refractivity contribution < 1.29 is 58.2 Å². The first-order valence-electron chi connectivity index (χ1n) is 26.9. The number of esters is 3. The molecule has 0 spiro atoms. The highest BCUT2D eigenvalue weighted by atomic mass is 16.7. The van der Waals surface area contributed by atoms with E-state index in [4.69, 9.17) is 23.7 Å². The first kappa shape index (κ1) is 64.4. The monoisotopic (exact) mass is 993 g/mol. The normalized spacial score (nSPS) is 19.4. The lowest BCUT2D eigenvalue weighted by atomic mass is 9.98. The Hall–Kier alpha value is -4.62. The number of allylic oxidation sites excluding steroid dienone is 18. The van der Waals surface area contributed by atoms with Gasteiger partial charge < -0.3 is 39.0 Å². The van der Waals surface area contributed by atoms with Gasteiger partial charge in [0.1, 0.15) is 18.8 Å². The summed E-state index contributed by atoms with van der Waals surface area (Å²) in [6, 6.07) is 0. The minimum atomic E-state index is -1.93. The van der Waals surface area contributed by atoms with Crippen molar-refractivity contribution >= 4 is 23.9 Å². The summed E-state index contributed by atoms with van der Waals surface area (Å²) in [5.41, 5.74) is 0. The summed E-state index contributed by atoms with van der Waals surface area (Å²) < 4.78 is 28.1. The minimum absolute atomic E-state index is 0.0684. The number of hydrogen-bond donors (Lipinski definition) is 3. The number of carboxylic acid groups (broad SMARTS) is 1. The van der Waals surface area contributed by atoms with Crippen molar-refractivity contribution in [3.8, 4) is 0 Å². The summed E-state index contributed by atoms with van der Waals surface area (Å²) in [5.74, 6) is -3.29. The third kappa shape index (κ3) is 36.9. The first-order chi connectivity index (χ1) is 34.6. The number of carbonyl (C=O) groups excluding carboxylic acids is 3. The minimum Gasteiger partial charge on any atom is -0.479 e. The van der Waals surface area contributed by atoms with Gasteiger partial charge in [-0.15, -0.1) is 0 Å². The zero-order valence-electron chi connectivity index (χ0n) is 43.7. The molecule has 12 heteroatoms. The number of hydrogen-bond acceptors (Lipinski definition) is 11. The third-order valence-corrected chi connectivity index (χ3v) is 11.4. The number of ether oxygens (including phenoxy) is 5. The van der Waals surface area contributed by atoms with Crippen molar-refractivity contribution in [3.05, 3.63) is 109 Å². The van der Waals surface area contributed by atoms with Gasteiger partial charge in [0.25, 0.3) is 0 Å². The van der Waals surface area contributed by atoms with Gasteiger partial charge in [-0.3, -0.25) is 14.4 Å². The summed E-state index contributed by atoms with van der Waals surface area (Å²) in [6.07, 6.45) is 49.6. The van der Waals surface area contributed by atoms with Crippen molar-refractivity contribution in [2.45, 2.75) is 225 Å². The standard InChI is InChI=1S/C59H92O12/c1-4-7-10-13-16-19-21-23-24-25-26-27-28-30-31-34-36-39-42-45-51(60)67-48-50(69-52(61)46-43-40-37-33-18-15-12-9-6-3)49-68-59-57(55(64)54(63)56(71-59)58(65)66)70-53(62)47-44-41-38-35-32-29-22-20-17-14-11-8-5-2/h7-8,10-11,16-17,19-20,23-24,26-27,29-32,38,41,50,54-57,59,63-64H,4-6,9,12-15,18,21-22,25,28,33-37,39-40,42-49H2,1-3H3,(H,65,66)/b10-7-,11-8-,19-16-,20-17-,24-23-,27-26-,31-30-,32-29-,41-38-. The summed E-state index contributed by atoms with van der Waals surface area (Å²) >= 11 is 0. The van der Waals surface area contributed by atoms with Crippen LogP contribution in [0.1, 0.15) is 188 Å². The van der Waals surface area contributed by atoms with Gasteiger partial charge in [0.05, 0.1) is 6.61 Å². The zero-order chi connectivity index (χ0) is 51.8. The summed E-state index contributed by atoms with van der Waals surface area (Å²) in [6.45, 7) is 5.64. The smallest absolute Gasteiger partial charge is 0.335 e. The molecule has 0 bridgehead atoms. The average Bonchev–Trinajstić information content (AvgIpc) is 3.35. The Morgan fingerprint density at radius 1 is 0.479 bits per heavy atom. The van der Waals surface area contributed by atoms with Crippen LogP contribution in [0.15, 0.2) is 109 Å². The van der Waals surface area contributed by atoms with Gasteiger partial charge >= 0.3 is 23.9 Å². The van der Waals surface area contributed by atoms with Crippen LogP contribution in [0.5, 0.6) is 0 Å². The van der Waals surface area contributed by atoms with Gasteiger partial charge in [-0.2, -0.15) is 0 Å². The second-order valence-electron chi connectivity index (χ2n) is 17.8. The Morgan fingerprint density at radius 2 is 0.915 bits per heavy atom. The molecule has 6 atom stereocenters. The average molecular weight is 993 g/mol. The molecule has 6 unspecified atom stereocenters. The maximum atomic E-state index is 13.0. The van der Waals surface area contributed by atoms with Crippen LogP contribution in [-0.4, -0.2) is 89.2 Å². The highest BCUT2D eigenvalue weighted by Gasteiger charge is 2.50. The van der Waals surface area contributed by atoms with Gasteiger partial charge in [-0.1, -0.05) is 188 Å². The third-order valence-electron chi connectivity index (χ3n) is 11.4. The number of rotatable bonds is 43. The molecule has 3 N–H and O–H groups in total. The molecule has 71 heavy (non-hydrogen) atoms. The van der Waals surface area contributed by atoms with Gasteiger partial charge in [0.2, 0.25) is 0 Å². The van der Waals surface area contributed by atoms with Gasteiger partial charge in [-0.25, -0.2) is 4.79 Å². The largest absolute Gasteiger partial charge is 0.479 e. The summed E-state index contributed by atoms with van der Waals surface area (Å²) in [5, 5.41) is 31.3. The molecule has 1 aliphatic rings. The van der Waals surface area contributed by atoms with Crippen LogP contribution >= 0.6 is 0 Å². The van der Waals surface area contributed by atoms with E-state index in [-0.39, 0.29) is 25.9 Å². The van der Waals surface area contributed by atoms with E-state index in [0.29, 0.717) is 25.7 Å². The summed E-state index contributed by atoms with van der Waals surface area (Å²) in [7, 11) is 0. The highest BCUT2D eigenvalue weighted by molar-refractivity contribution is 5.74. The Balaban J connectivity index is 2.74. The molecule has 0 aliphatic carbocycles. The number of carbonyl (C=O) groups is 4. The predicted molar refractivity (Wildman–Crippen MR) is 284 cm³/mol. The molecule has 0 aromatic carbocycles. The van der Waals surface area contributed by atoms with Gasteiger partial charge in [-0.05, 0) is 89.9 Å². The molecule has 0 amide bonds. The Bertz CT molecular complexity index is 1650. The second kappa shape index (κ2) is 46.5.